The van der Waals surface area contributed by atoms with Crippen LogP contribution in [0.15, 0.2) is 30.3 Å². The Morgan fingerprint density at radius 2 is 1.95 bits per heavy atom. The molecule has 3 N–H and O–H groups in total. The summed E-state index contributed by atoms with van der Waals surface area (Å²) in [7, 11) is 0. The van der Waals surface area contributed by atoms with Crippen molar-refractivity contribution in [3.05, 3.63) is 35.9 Å². The third kappa shape index (κ3) is 6.40. The van der Waals surface area contributed by atoms with E-state index in [1.54, 1.807) is 12.1 Å². The van der Waals surface area contributed by atoms with E-state index in [0.717, 1.165) is 0 Å². The normalized spacial score (nSPS) is 11.9. The molecule has 0 aliphatic heterocycles. The SMILES string of the molecule is CC(CN)CNC(=O)CSCC(=O)c1ccccc1. The van der Waals surface area contributed by atoms with Crippen LogP contribution in [0.3, 0.4) is 0 Å². The number of amides is 1. The van der Waals surface area contributed by atoms with Gasteiger partial charge in [0.15, 0.2) is 5.78 Å². The van der Waals surface area contributed by atoms with Crippen LogP contribution in [0.5, 0.6) is 0 Å². The highest BCUT2D eigenvalue weighted by atomic mass is 32.2. The number of carbonyl (C=O) groups is 2. The molecule has 1 rings (SSSR count). The smallest absolute Gasteiger partial charge is 0.230 e. The zero-order valence-electron chi connectivity index (χ0n) is 11.1. The number of carbonyl (C=O) groups excluding carboxylic acids is 2. The maximum atomic E-state index is 11.8. The van der Waals surface area contributed by atoms with Gasteiger partial charge in [0.25, 0.3) is 0 Å². The number of nitrogens with two attached hydrogens (primary N) is 1. The summed E-state index contributed by atoms with van der Waals surface area (Å²) in [6.07, 6.45) is 0. The molecule has 0 spiro atoms. The summed E-state index contributed by atoms with van der Waals surface area (Å²) in [5.41, 5.74) is 6.15. The fourth-order valence-corrected chi connectivity index (χ4v) is 2.11. The fraction of sp³-hybridized carbons (Fsp3) is 0.429. The number of benzene rings is 1. The molecule has 4 nitrogen and oxygen atoms in total. The van der Waals surface area contributed by atoms with Gasteiger partial charge in [-0.3, -0.25) is 9.59 Å². The van der Waals surface area contributed by atoms with Crippen molar-refractivity contribution in [2.75, 3.05) is 24.6 Å². The summed E-state index contributed by atoms with van der Waals surface area (Å²) in [5.74, 6) is 0.902. The number of hydrogen-bond donors (Lipinski definition) is 2. The molecule has 0 saturated carbocycles. The Bertz CT molecular complexity index is 409. The van der Waals surface area contributed by atoms with Crippen molar-refractivity contribution in [3.63, 3.8) is 0 Å². The molecule has 0 bridgehead atoms. The molecule has 5 heteroatoms. The predicted octanol–water partition coefficient (Wildman–Crippen LogP) is 1.31. The van der Waals surface area contributed by atoms with Gasteiger partial charge in [0, 0.05) is 12.1 Å². The van der Waals surface area contributed by atoms with Crippen molar-refractivity contribution in [3.8, 4) is 0 Å². The van der Waals surface area contributed by atoms with Crippen LogP contribution in [0.1, 0.15) is 17.3 Å². The zero-order chi connectivity index (χ0) is 14.1. The Hall–Kier alpha value is -1.33. The zero-order valence-corrected chi connectivity index (χ0v) is 11.9. The lowest BCUT2D eigenvalue weighted by Gasteiger charge is -2.09. The van der Waals surface area contributed by atoms with E-state index in [2.05, 4.69) is 5.32 Å². The average Bonchev–Trinajstić information content (AvgIpc) is 2.45. The summed E-state index contributed by atoms with van der Waals surface area (Å²) in [6.45, 7) is 3.12. The molecule has 1 aromatic carbocycles. The molecular weight excluding hydrogens is 260 g/mol. The summed E-state index contributed by atoms with van der Waals surface area (Å²) < 4.78 is 0. The Morgan fingerprint density at radius 3 is 2.58 bits per heavy atom. The van der Waals surface area contributed by atoms with E-state index < -0.39 is 0 Å². The Labute approximate surface area is 118 Å². The molecule has 0 fully saturated rings. The number of thioether (sulfide) groups is 1. The average molecular weight is 280 g/mol. The maximum Gasteiger partial charge on any atom is 0.230 e. The van der Waals surface area contributed by atoms with Crippen LogP contribution in [0.4, 0.5) is 0 Å². The van der Waals surface area contributed by atoms with Crippen LogP contribution in [0.2, 0.25) is 0 Å². The number of Topliss-reactive ketones (excluding diaryl/α,β-unsaturated/α-hetero) is 1. The van der Waals surface area contributed by atoms with Crippen molar-refractivity contribution in [2.45, 2.75) is 6.92 Å². The van der Waals surface area contributed by atoms with E-state index in [1.807, 2.05) is 25.1 Å². The summed E-state index contributed by atoms with van der Waals surface area (Å²) in [5, 5.41) is 2.80. The van der Waals surface area contributed by atoms with Crippen molar-refractivity contribution >= 4 is 23.5 Å². The largest absolute Gasteiger partial charge is 0.355 e. The lowest BCUT2D eigenvalue weighted by atomic mass is 10.2. The fourth-order valence-electron chi connectivity index (χ4n) is 1.37. The van der Waals surface area contributed by atoms with Gasteiger partial charge in [0.2, 0.25) is 5.91 Å². The number of hydrogen-bond acceptors (Lipinski definition) is 4. The van der Waals surface area contributed by atoms with E-state index in [9.17, 15) is 9.59 Å². The monoisotopic (exact) mass is 280 g/mol. The second-order valence-electron chi connectivity index (χ2n) is 4.43. The predicted molar refractivity (Wildman–Crippen MR) is 79.3 cm³/mol. The van der Waals surface area contributed by atoms with Crippen LogP contribution in [0.25, 0.3) is 0 Å². The number of rotatable bonds is 8. The molecular formula is C14H20N2O2S. The van der Waals surface area contributed by atoms with Crippen molar-refractivity contribution in [1.82, 2.24) is 5.32 Å². The van der Waals surface area contributed by atoms with Gasteiger partial charge in [-0.15, -0.1) is 11.8 Å². The molecule has 0 aromatic heterocycles. The van der Waals surface area contributed by atoms with Crippen LogP contribution in [-0.2, 0) is 4.79 Å². The first-order valence-electron chi connectivity index (χ1n) is 6.26. The van der Waals surface area contributed by atoms with Gasteiger partial charge in [-0.05, 0) is 12.5 Å². The highest BCUT2D eigenvalue weighted by molar-refractivity contribution is 8.00. The molecule has 0 heterocycles. The minimum Gasteiger partial charge on any atom is -0.355 e. The van der Waals surface area contributed by atoms with Gasteiger partial charge in [0.05, 0.1) is 11.5 Å². The highest BCUT2D eigenvalue weighted by Gasteiger charge is 2.08. The van der Waals surface area contributed by atoms with E-state index in [1.165, 1.54) is 11.8 Å². The van der Waals surface area contributed by atoms with Crippen LogP contribution < -0.4 is 11.1 Å². The molecule has 0 saturated heterocycles. The molecule has 0 aliphatic rings. The third-order valence-electron chi connectivity index (χ3n) is 2.61. The summed E-state index contributed by atoms with van der Waals surface area (Å²) in [4.78, 5) is 23.3. The molecule has 1 aromatic rings. The van der Waals surface area contributed by atoms with Crippen LogP contribution in [0, 0.1) is 5.92 Å². The van der Waals surface area contributed by atoms with E-state index in [4.69, 9.17) is 5.73 Å². The third-order valence-corrected chi connectivity index (χ3v) is 3.54. The highest BCUT2D eigenvalue weighted by Crippen LogP contribution is 2.07. The van der Waals surface area contributed by atoms with Gasteiger partial charge >= 0.3 is 0 Å². The number of ketones is 1. The summed E-state index contributed by atoms with van der Waals surface area (Å²) in [6, 6.07) is 9.10. The van der Waals surface area contributed by atoms with Gasteiger partial charge in [-0.25, -0.2) is 0 Å². The van der Waals surface area contributed by atoms with E-state index in [0.29, 0.717) is 30.2 Å². The lowest BCUT2D eigenvalue weighted by molar-refractivity contribution is -0.118. The van der Waals surface area contributed by atoms with Gasteiger partial charge in [0.1, 0.15) is 0 Å². The molecule has 104 valence electrons. The molecule has 1 atom stereocenters. The first kappa shape index (κ1) is 15.7. The minimum absolute atomic E-state index is 0.0497. The molecule has 0 aliphatic carbocycles. The molecule has 19 heavy (non-hydrogen) atoms. The van der Waals surface area contributed by atoms with E-state index in [-0.39, 0.29) is 17.6 Å². The van der Waals surface area contributed by atoms with Crippen LogP contribution in [-0.4, -0.2) is 36.3 Å². The molecule has 0 radical (unpaired) electrons. The molecule has 1 amide bonds. The first-order chi connectivity index (χ1) is 9.13. The summed E-state index contributed by atoms with van der Waals surface area (Å²) >= 11 is 1.33. The Kier molecular flexibility index (Phi) is 7.22. The van der Waals surface area contributed by atoms with Gasteiger partial charge < -0.3 is 11.1 Å². The van der Waals surface area contributed by atoms with E-state index >= 15 is 0 Å². The molecule has 1 unspecified atom stereocenters. The maximum absolute atomic E-state index is 11.8. The minimum atomic E-state index is -0.0499. The standard InChI is InChI=1S/C14H20N2O2S/c1-11(7-15)8-16-14(18)10-19-9-13(17)12-5-3-2-4-6-12/h2-6,11H,7-10,15H2,1H3,(H,16,18). The van der Waals surface area contributed by atoms with Gasteiger partial charge in [-0.1, -0.05) is 37.3 Å². The topological polar surface area (TPSA) is 72.2 Å². The quantitative estimate of drug-likeness (QED) is 0.704. The van der Waals surface area contributed by atoms with Gasteiger partial charge in [-0.2, -0.15) is 0 Å². The van der Waals surface area contributed by atoms with Crippen LogP contribution >= 0.6 is 11.8 Å². The lowest BCUT2D eigenvalue weighted by Crippen LogP contribution is -2.32. The van der Waals surface area contributed by atoms with Crippen molar-refractivity contribution in [2.24, 2.45) is 11.7 Å². The first-order valence-corrected chi connectivity index (χ1v) is 7.41. The van der Waals surface area contributed by atoms with Crippen molar-refractivity contribution < 1.29 is 9.59 Å². The second kappa shape index (κ2) is 8.72. The second-order valence-corrected chi connectivity index (χ2v) is 5.41. The number of nitrogens with one attached hydrogen (secondary N) is 1. The Balaban J connectivity index is 2.20. The van der Waals surface area contributed by atoms with Crippen molar-refractivity contribution in [1.29, 1.82) is 0 Å². The Morgan fingerprint density at radius 1 is 1.26 bits per heavy atom.